The number of hydrogen-bond acceptors (Lipinski definition) is 5. The van der Waals surface area contributed by atoms with E-state index in [9.17, 15) is 19.8 Å². The standard InChI is InChI=1S/C11H16O6/c1-6(11(15)16)2-10(14)17-9-4-7(12)3-8(13)5-9/h7-9,12-13H,1-5H2,(H,15,16). The molecule has 0 aliphatic heterocycles. The van der Waals surface area contributed by atoms with Gasteiger partial charge < -0.3 is 20.1 Å². The Bertz CT molecular complexity index is 314. The summed E-state index contributed by atoms with van der Waals surface area (Å²) in [4.78, 5) is 21.8. The fourth-order valence-corrected chi connectivity index (χ4v) is 1.78. The Morgan fingerprint density at radius 2 is 1.71 bits per heavy atom. The van der Waals surface area contributed by atoms with Gasteiger partial charge in [-0.25, -0.2) is 4.79 Å². The summed E-state index contributed by atoms with van der Waals surface area (Å²) in [6.45, 7) is 3.22. The van der Waals surface area contributed by atoms with Gasteiger partial charge in [0.15, 0.2) is 0 Å². The lowest BCUT2D eigenvalue weighted by Gasteiger charge is -2.29. The van der Waals surface area contributed by atoms with Gasteiger partial charge in [0.25, 0.3) is 0 Å². The zero-order chi connectivity index (χ0) is 13.0. The third-order valence-electron chi connectivity index (χ3n) is 2.57. The molecule has 0 aromatic carbocycles. The number of ether oxygens (including phenoxy) is 1. The van der Waals surface area contributed by atoms with E-state index in [0.29, 0.717) is 0 Å². The van der Waals surface area contributed by atoms with Crippen LogP contribution < -0.4 is 0 Å². The van der Waals surface area contributed by atoms with Crippen LogP contribution in [0.4, 0.5) is 0 Å². The van der Waals surface area contributed by atoms with Crippen LogP contribution in [0.3, 0.4) is 0 Å². The van der Waals surface area contributed by atoms with Crippen LogP contribution in [-0.4, -0.2) is 45.6 Å². The van der Waals surface area contributed by atoms with E-state index >= 15 is 0 Å². The maximum Gasteiger partial charge on any atom is 0.331 e. The van der Waals surface area contributed by atoms with Crippen LogP contribution in [0.2, 0.25) is 0 Å². The van der Waals surface area contributed by atoms with E-state index in [1.54, 1.807) is 0 Å². The van der Waals surface area contributed by atoms with Crippen molar-refractivity contribution in [2.45, 2.75) is 44.0 Å². The minimum absolute atomic E-state index is 0.244. The Morgan fingerprint density at radius 3 is 2.18 bits per heavy atom. The predicted molar refractivity (Wildman–Crippen MR) is 57.1 cm³/mol. The van der Waals surface area contributed by atoms with Gasteiger partial charge in [-0.05, 0) is 6.42 Å². The Labute approximate surface area is 98.5 Å². The highest BCUT2D eigenvalue weighted by molar-refractivity contribution is 5.91. The molecule has 0 aromatic rings. The highest BCUT2D eigenvalue weighted by atomic mass is 16.5. The molecule has 0 amide bonds. The lowest BCUT2D eigenvalue weighted by atomic mass is 9.92. The second kappa shape index (κ2) is 5.79. The predicted octanol–water partition coefficient (Wildman–Crippen LogP) is -0.165. The number of carboxylic acid groups (broad SMARTS) is 1. The number of aliphatic carboxylic acids is 1. The zero-order valence-corrected chi connectivity index (χ0v) is 9.33. The van der Waals surface area contributed by atoms with Crippen molar-refractivity contribution in [3.05, 3.63) is 12.2 Å². The fraction of sp³-hybridized carbons (Fsp3) is 0.636. The Morgan fingerprint density at radius 1 is 1.18 bits per heavy atom. The summed E-state index contributed by atoms with van der Waals surface area (Å²) >= 11 is 0. The zero-order valence-electron chi connectivity index (χ0n) is 9.33. The van der Waals surface area contributed by atoms with Gasteiger partial charge in [-0.15, -0.1) is 0 Å². The third-order valence-corrected chi connectivity index (χ3v) is 2.57. The number of hydrogen-bond donors (Lipinski definition) is 3. The van der Waals surface area contributed by atoms with E-state index in [1.807, 2.05) is 0 Å². The number of esters is 1. The molecule has 3 N–H and O–H groups in total. The summed E-state index contributed by atoms with van der Waals surface area (Å²) in [5.74, 6) is -1.95. The van der Waals surface area contributed by atoms with Gasteiger partial charge in [-0.3, -0.25) is 4.79 Å². The fourth-order valence-electron chi connectivity index (χ4n) is 1.78. The van der Waals surface area contributed by atoms with Crippen molar-refractivity contribution in [1.82, 2.24) is 0 Å². The monoisotopic (exact) mass is 244 g/mol. The van der Waals surface area contributed by atoms with E-state index < -0.39 is 36.7 Å². The highest BCUT2D eigenvalue weighted by Crippen LogP contribution is 2.22. The van der Waals surface area contributed by atoms with E-state index in [2.05, 4.69) is 6.58 Å². The van der Waals surface area contributed by atoms with Crippen molar-refractivity contribution in [2.24, 2.45) is 0 Å². The van der Waals surface area contributed by atoms with Crippen LogP contribution in [0.25, 0.3) is 0 Å². The minimum atomic E-state index is -1.24. The maximum atomic E-state index is 11.3. The van der Waals surface area contributed by atoms with Gasteiger partial charge in [0, 0.05) is 18.4 Å². The topological polar surface area (TPSA) is 104 Å². The molecule has 0 bridgehead atoms. The second-order valence-corrected chi connectivity index (χ2v) is 4.21. The molecule has 1 fully saturated rings. The first-order valence-corrected chi connectivity index (χ1v) is 5.35. The van der Waals surface area contributed by atoms with Gasteiger partial charge in [-0.2, -0.15) is 0 Å². The number of carboxylic acids is 1. The number of aliphatic hydroxyl groups is 2. The molecule has 17 heavy (non-hydrogen) atoms. The molecule has 6 heteroatoms. The Kier molecular flexibility index (Phi) is 4.65. The van der Waals surface area contributed by atoms with Crippen LogP contribution in [0.15, 0.2) is 12.2 Å². The lowest BCUT2D eigenvalue weighted by molar-refractivity contribution is -0.155. The molecule has 2 unspecified atom stereocenters. The summed E-state index contributed by atoms with van der Waals surface area (Å²) in [6, 6.07) is 0. The average molecular weight is 244 g/mol. The Hall–Kier alpha value is -1.40. The number of aliphatic hydroxyl groups excluding tert-OH is 2. The van der Waals surface area contributed by atoms with E-state index in [1.165, 1.54) is 0 Å². The lowest BCUT2D eigenvalue weighted by Crippen LogP contribution is -2.35. The van der Waals surface area contributed by atoms with Crippen LogP contribution in [0, 0.1) is 0 Å². The quantitative estimate of drug-likeness (QED) is 0.468. The molecule has 0 radical (unpaired) electrons. The number of carbonyl (C=O) groups excluding carboxylic acids is 1. The minimum Gasteiger partial charge on any atom is -0.478 e. The molecule has 0 aromatic heterocycles. The first kappa shape index (κ1) is 13.7. The van der Waals surface area contributed by atoms with Crippen molar-refractivity contribution in [1.29, 1.82) is 0 Å². The van der Waals surface area contributed by atoms with Gasteiger partial charge >= 0.3 is 11.9 Å². The second-order valence-electron chi connectivity index (χ2n) is 4.21. The molecule has 0 heterocycles. The summed E-state index contributed by atoms with van der Waals surface area (Å²) in [5.41, 5.74) is -0.244. The van der Waals surface area contributed by atoms with Crippen LogP contribution >= 0.6 is 0 Å². The average Bonchev–Trinajstić information content (AvgIpc) is 2.14. The molecular formula is C11H16O6. The SMILES string of the molecule is C=C(CC(=O)OC1CC(O)CC(O)C1)C(=O)O. The molecule has 1 aliphatic carbocycles. The normalized spacial score (nSPS) is 28.5. The van der Waals surface area contributed by atoms with Gasteiger partial charge in [-0.1, -0.05) is 6.58 Å². The van der Waals surface area contributed by atoms with Crippen molar-refractivity contribution in [2.75, 3.05) is 0 Å². The molecule has 1 aliphatic rings. The molecule has 96 valence electrons. The molecule has 6 nitrogen and oxygen atoms in total. The van der Waals surface area contributed by atoms with Crippen LogP contribution in [0.5, 0.6) is 0 Å². The van der Waals surface area contributed by atoms with Gasteiger partial charge in [0.05, 0.1) is 18.6 Å². The Balaban J connectivity index is 2.40. The van der Waals surface area contributed by atoms with E-state index in [4.69, 9.17) is 9.84 Å². The summed E-state index contributed by atoms with van der Waals surface area (Å²) in [5, 5.41) is 27.3. The molecule has 1 saturated carbocycles. The van der Waals surface area contributed by atoms with Gasteiger partial charge in [0.2, 0.25) is 0 Å². The molecule has 1 rings (SSSR count). The van der Waals surface area contributed by atoms with Crippen molar-refractivity contribution < 1.29 is 29.6 Å². The molecule has 2 atom stereocenters. The largest absolute Gasteiger partial charge is 0.478 e. The van der Waals surface area contributed by atoms with Crippen LogP contribution in [-0.2, 0) is 14.3 Å². The summed E-state index contributed by atoms with van der Waals surface area (Å²) in [6.07, 6.45) is -1.54. The van der Waals surface area contributed by atoms with Crippen LogP contribution in [0.1, 0.15) is 25.7 Å². The maximum absolute atomic E-state index is 11.3. The molecule has 0 saturated heterocycles. The molecular weight excluding hydrogens is 228 g/mol. The number of carbonyl (C=O) groups is 2. The van der Waals surface area contributed by atoms with E-state index in [-0.39, 0.29) is 24.8 Å². The first-order valence-electron chi connectivity index (χ1n) is 5.35. The first-order chi connectivity index (χ1) is 7.88. The van der Waals surface area contributed by atoms with Crippen molar-refractivity contribution in [3.8, 4) is 0 Å². The summed E-state index contributed by atoms with van der Waals surface area (Å²) in [7, 11) is 0. The molecule has 0 spiro atoms. The third kappa shape index (κ3) is 4.54. The summed E-state index contributed by atoms with van der Waals surface area (Å²) < 4.78 is 4.97. The van der Waals surface area contributed by atoms with Crippen molar-refractivity contribution in [3.63, 3.8) is 0 Å². The van der Waals surface area contributed by atoms with Crippen molar-refractivity contribution >= 4 is 11.9 Å². The smallest absolute Gasteiger partial charge is 0.331 e. The highest BCUT2D eigenvalue weighted by Gasteiger charge is 2.29. The van der Waals surface area contributed by atoms with Gasteiger partial charge in [0.1, 0.15) is 6.10 Å². The van der Waals surface area contributed by atoms with E-state index in [0.717, 1.165) is 0 Å². The number of rotatable bonds is 4.